The largest absolute Gasteiger partial charge is 0.508 e. The van der Waals surface area contributed by atoms with Gasteiger partial charge >= 0.3 is 42.7 Å². The Bertz CT molecular complexity index is 7140. The van der Waals surface area contributed by atoms with Crippen molar-refractivity contribution in [1.29, 1.82) is 0 Å². The Morgan fingerprint density at radius 3 is 1.07 bits per heavy atom. The predicted octanol–water partition coefficient (Wildman–Crippen LogP) is 19.4. The molecule has 5 aliphatic rings. The van der Waals surface area contributed by atoms with Crippen molar-refractivity contribution in [2.45, 2.75) is 89.8 Å². The van der Waals surface area contributed by atoms with Gasteiger partial charge in [-0.25, -0.2) is 53.7 Å². The van der Waals surface area contributed by atoms with Gasteiger partial charge in [0.05, 0.1) is 112 Å². The Balaban J connectivity index is 0.000000130. The first kappa shape index (κ1) is 95.7. The number of fused-ring (bicyclic) bond motifs is 7. The molecule has 8 aromatic carbocycles. The number of hydrogen-bond acceptors (Lipinski definition) is 25. The maximum atomic E-state index is 14.0. The van der Waals surface area contributed by atoms with Crippen LogP contribution in [0.3, 0.4) is 0 Å². The number of aryl methyl sites for hydroxylation is 4. The third-order valence-corrected chi connectivity index (χ3v) is 23.3. The Morgan fingerprint density at radius 2 is 0.681 bits per heavy atom. The number of hydrogen-bond donors (Lipinski definition) is 5. The smallest absolute Gasteiger partial charge is 0.405 e. The van der Waals surface area contributed by atoms with Crippen LogP contribution >= 0.6 is 0 Å². The lowest BCUT2D eigenvalue weighted by Gasteiger charge is -2.37. The quantitative estimate of drug-likeness (QED) is 0.0417. The molecule has 8 amide bonds. The van der Waals surface area contributed by atoms with Crippen LogP contribution in [0.4, 0.5) is 151 Å². The fourth-order valence-corrected chi connectivity index (χ4v) is 16.6. The fraction of sp³-hybridized carbons (Fsp3) is 0.260. The Labute approximate surface area is 798 Å². The van der Waals surface area contributed by atoms with E-state index in [-0.39, 0.29) is 72.6 Å². The van der Waals surface area contributed by atoms with Crippen molar-refractivity contribution in [1.82, 2.24) is 69.2 Å². The van der Waals surface area contributed by atoms with Gasteiger partial charge < -0.3 is 50.1 Å². The third kappa shape index (κ3) is 21.4. The molecular formula is C96H91F9N26O10. The van der Waals surface area contributed by atoms with Gasteiger partial charge in [-0.3, -0.25) is 33.6 Å². The number of rotatable bonds is 21. The summed E-state index contributed by atoms with van der Waals surface area (Å²) in [4.78, 5) is 102. The summed E-state index contributed by atoms with van der Waals surface area (Å²) in [6.45, 7) is -1.57. The van der Waals surface area contributed by atoms with Gasteiger partial charge in [0, 0.05) is 114 Å². The van der Waals surface area contributed by atoms with Crippen LogP contribution in [-0.4, -0.2) is 178 Å². The molecule has 728 valence electrons. The van der Waals surface area contributed by atoms with Gasteiger partial charge in [0.25, 0.3) is 0 Å². The first-order valence-electron chi connectivity index (χ1n) is 44.0. The second-order valence-electron chi connectivity index (χ2n) is 33.0. The highest BCUT2D eigenvalue weighted by atomic mass is 19.4. The van der Waals surface area contributed by atoms with E-state index in [1.54, 1.807) is 135 Å². The van der Waals surface area contributed by atoms with Crippen LogP contribution in [0.5, 0.6) is 34.6 Å². The first-order chi connectivity index (χ1) is 67.6. The molecule has 45 heteroatoms. The third-order valence-electron chi connectivity index (χ3n) is 23.3. The second-order valence-corrected chi connectivity index (χ2v) is 33.0. The molecule has 141 heavy (non-hydrogen) atoms. The lowest BCUT2D eigenvalue weighted by atomic mass is 9.96. The van der Waals surface area contributed by atoms with Crippen LogP contribution < -0.4 is 84.2 Å². The number of phenolic OH excluding ortho intramolecular Hbond substituents is 1. The lowest BCUT2D eigenvalue weighted by Crippen LogP contribution is -2.46. The van der Waals surface area contributed by atoms with Crippen LogP contribution in [0.1, 0.15) is 60.1 Å². The number of benzene rings is 8. The molecule has 1 saturated carbocycles. The van der Waals surface area contributed by atoms with E-state index >= 15 is 0 Å². The van der Waals surface area contributed by atoms with Crippen LogP contribution in [0.15, 0.2) is 207 Å². The van der Waals surface area contributed by atoms with Crippen LogP contribution in [0.25, 0.3) is 32.7 Å². The zero-order chi connectivity index (χ0) is 99.5. The maximum absolute atomic E-state index is 14.0. The molecule has 4 aliphatic heterocycles. The van der Waals surface area contributed by atoms with E-state index in [0.717, 1.165) is 68.2 Å². The van der Waals surface area contributed by atoms with Crippen LogP contribution in [0.2, 0.25) is 0 Å². The van der Waals surface area contributed by atoms with Gasteiger partial charge in [-0.2, -0.15) is 79.7 Å². The molecule has 15 aromatic rings. The second kappa shape index (κ2) is 39.9. The SMILES string of the molecule is COc1ccc(N2C(=O)N(c3ccc4nn(C)cc4c3)Cc3c(C)nc(NCC(F)(F)F)nc32)cc1.COc1ccc(N2C(=O)N(c3ccc4nn(C)cc4c3)Cc3c(OC)nc(NCC(F)(F)F)nc32)cc1.COc1ccc(N2C(=O)N(c3ccc4nn(C)cc4c3)Cc3cnc(NC4CCCCC4)nc32)cc1.COc1ccc(N2Cc3cnc(NCC(F)(F)F)nc3N(c3ccc(O)cc3)C2=O)cc1. The monoisotopic (exact) mass is 1940 g/mol. The number of aromatic nitrogens is 14. The van der Waals surface area contributed by atoms with Gasteiger partial charge in [-0.05, 0) is 196 Å². The summed E-state index contributed by atoms with van der Waals surface area (Å²) < 4.78 is 146. The molecule has 0 bridgehead atoms. The van der Waals surface area contributed by atoms with Crippen molar-refractivity contribution in [3.05, 3.63) is 235 Å². The Morgan fingerprint density at radius 1 is 0.362 bits per heavy atom. The topological polar surface area (TPSA) is 365 Å². The summed E-state index contributed by atoms with van der Waals surface area (Å²) >= 11 is 0. The van der Waals surface area contributed by atoms with E-state index in [9.17, 15) is 63.8 Å². The van der Waals surface area contributed by atoms with Crippen molar-refractivity contribution in [2.24, 2.45) is 21.1 Å². The van der Waals surface area contributed by atoms with E-state index in [4.69, 9.17) is 28.7 Å². The Hall–Kier alpha value is -17.1. The Kier molecular flexibility index (Phi) is 27.1. The van der Waals surface area contributed by atoms with Gasteiger partial charge in [0.1, 0.15) is 48.4 Å². The van der Waals surface area contributed by atoms with Crippen molar-refractivity contribution < 1.29 is 87.5 Å². The molecule has 36 nitrogen and oxygen atoms in total. The van der Waals surface area contributed by atoms with Gasteiger partial charge in [-0.1, -0.05) is 19.3 Å². The zero-order valence-electron chi connectivity index (χ0n) is 77.1. The summed E-state index contributed by atoms with van der Waals surface area (Å²) in [5, 5.41) is 35.5. The number of urea groups is 4. The number of phenols is 1. The number of carbonyl (C=O) groups excluding carboxylic acids is 4. The van der Waals surface area contributed by atoms with E-state index in [1.807, 2.05) is 106 Å². The standard InChI is InChI=1S/C27H29N7O2.C24H22F3N7O3.C24H22F3N7O2.C21H18F3N5O3/c1-32-16-18-14-22(10-13-24(18)31-32)33-17-19-15-28-26(29-20-6-4-3-5-7-20)30-25(19)34(27(33)35)21-8-11-23(36-2)12-9-21;1-32-11-14-10-16(6-9-19(14)31-32)33-12-18-20(29-22(30-21(18)37-3)28-13-24(25,26)27)34(23(33)35)15-4-7-17(36-2)8-5-15;1-14-19-12-33(17-6-9-20-15(10-17)11-32(2)31-20)23(35)34(16-4-7-18(36-3)8-5-16)21(19)30-22(29-14)28-13-24(25,26)27;1-32-17-8-4-14(5-9-17)28-11-13-10-25-19(26-12-21(22,23)24)27-18(13)29(20(28)31)15-2-6-16(30)7-3-15/h8-16,20H,3-7,17H2,1-2H3,(H,28,29,30);4-11H,12-13H2,1-3H3,(H,28,29,30);4-11H,12-13H2,1-3H3,(H,28,29,30);2-10,30H,11-12H2,1H3,(H,25,26,27). The summed E-state index contributed by atoms with van der Waals surface area (Å²) in [7, 11) is 13.1. The van der Waals surface area contributed by atoms with Gasteiger partial charge in [0.15, 0.2) is 23.3 Å². The molecule has 0 unspecified atom stereocenters. The molecule has 11 heterocycles. The zero-order valence-corrected chi connectivity index (χ0v) is 77.1. The van der Waals surface area contributed by atoms with Gasteiger partial charge in [0.2, 0.25) is 29.7 Å². The normalized spacial score (nSPS) is 14.4. The fourth-order valence-electron chi connectivity index (χ4n) is 16.6. The van der Waals surface area contributed by atoms with Crippen molar-refractivity contribution in [3.63, 3.8) is 0 Å². The van der Waals surface area contributed by atoms with E-state index < -0.39 is 56.3 Å². The highest BCUT2D eigenvalue weighted by molar-refractivity contribution is 6.14. The first-order valence-corrected chi connectivity index (χ1v) is 44.0. The van der Waals surface area contributed by atoms with E-state index in [2.05, 4.69) is 71.5 Å². The number of carbonyl (C=O) groups is 4. The number of nitrogens with zero attached hydrogens (tertiary/aromatic N) is 22. The van der Waals surface area contributed by atoms with E-state index in [0.29, 0.717) is 98.1 Å². The average Bonchev–Trinajstić information content (AvgIpc) is 1.47. The number of nitrogens with one attached hydrogen (secondary N) is 4. The molecule has 0 atom stereocenters. The average molecular weight is 1940 g/mol. The number of methoxy groups -OCH3 is 5. The molecule has 0 radical (unpaired) electrons. The molecule has 20 rings (SSSR count). The molecule has 0 saturated heterocycles. The summed E-state index contributed by atoms with van der Waals surface area (Å²) in [5.74, 6) is 3.45. The van der Waals surface area contributed by atoms with Crippen molar-refractivity contribution >= 4 is 149 Å². The molecule has 1 aliphatic carbocycles. The minimum absolute atomic E-state index is 0.000614. The maximum Gasteiger partial charge on any atom is 0.405 e. The predicted molar refractivity (Wildman–Crippen MR) is 511 cm³/mol. The molecular weight excluding hydrogens is 1850 g/mol. The van der Waals surface area contributed by atoms with Gasteiger partial charge in [-0.15, -0.1) is 0 Å². The number of alkyl halides is 9. The van der Waals surface area contributed by atoms with Crippen molar-refractivity contribution in [3.8, 4) is 34.6 Å². The van der Waals surface area contributed by atoms with Crippen molar-refractivity contribution in [2.75, 3.05) is 116 Å². The highest BCUT2D eigenvalue weighted by Gasteiger charge is 2.43. The highest BCUT2D eigenvalue weighted by Crippen LogP contribution is 2.46. The number of ether oxygens (including phenoxy) is 5. The molecule has 7 aromatic heterocycles. The number of anilines is 16. The summed E-state index contributed by atoms with van der Waals surface area (Å²) in [5.41, 5.74) is 10.0. The molecule has 5 N–H and O–H groups in total. The van der Waals surface area contributed by atoms with E-state index in [1.165, 1.54) is 103 Å². The van der Waals surface area contributed by atoms with Crippen LogP contribution in [-0.2, 0) is 47.3 Å². The number of aromatic hydroxyl groups is 1. The molecule has 1 fully saturated rings. The number of amides is 8. The summed E-state index contributed by atoms with van der Waals surface area (Å²) in [6, 6.07) is 49.3. The molecule has 0 spiro atoms. The lowest BCUT2D eigenvalue weighted by molar-refractivity contribution is -0.116. The summed E-state index contributed by atoms with van der Waals surface area (Å²) in [6.07, 6.45) is 1.45. The minimum Gasteiger partial charge on any atom is -0.508 e. The number of halogens is 9. The van der Waals surface area contributed by atoms with Crippen LogP contribution in [0, 0.1) is 6.92 Å². The minimum atomic E-state index is -4.49.